The number of ketones is 1. The maximum Gasteiger partial charge on any atom is 0.265 e. The van der Waals surface area contributed by atoms with Crippen molar-refractivity contribution in [1.29, 1.82) is 0 Å². The third-order valence-electron chi connectivity index (χ3n) is 2.25. The molecule has 0 unspecified atom stereocenters. The van der Waals surface area contributed by atoms with Gasteiger partial charge < -0.3 is 14.2 Å². The van der Waals surface area contributed by atoms with Gasteiger partial charge in [-0.3, -0.25) is 14.9 Å². The number of carbonyl (C=O) groups excluding carboxylic acids is 1. The van der Waals surface area contributed by atoms with E-state index in [1.807, 2.05) is 0 Å². The lowest BCUT2D eigenvalue weighted by molar-refractivity contribution is -0.465. The Bertz CT molecular complexity index is 484. The molecule has 0 saturated heterocycles. The quantitative estimate of drug-likeness (QED) is 0.440. The largest absolute Gasteiger partial charge is 0.493 e. The average Bonchev–Trinajstić information content (AvgIpc) is 2.74. The Kier molecular flexibility index (Phi) is 2.82. The van der Waals surface area contributed by atoms with Gasteiger partial charge >= 0.3 is 0 Å². The molecule has 0 bridgehead atoms. The molecule has 2 rings (SSSR count). The summed E-state index contributed by atoms with van der Waals surface area (Å²) in [6.07, 6.45) is 0. The van der Waals surface area contributed by atoms with Gasteiger partial charge in [0.15, 0.2) is 11.5 Å². The number of methoxy groups -OCH3 is 1. The summed E-state index contributed by atoms with van der Waals surface area (Å²) >= 11 is 0. The molecule has 0 amide bonds. The van der Waals surface area contributed by atoms with E-state index in [0.717, 1.165) is 0 Å². The average molecular weight is 239 g/mol. The van der Waals surface area contributed by atoms with Crippen LogP contribution in [0.15, 0.2) is 12.1 Å². The molecule has 1 aliphatic rings. The minimum absolute atomic E-state index is 0.0403. The Morgan fingerprint density at radius 1 is 1.53 bits per heavy atom. The van der Waals surface area contributed by atoms with Crippen LogP contribution in [0.2, 0.25) is 0 Å². The normalized spacial score (nSPS) is 12.3. The second-order valence-corrected chi connectivity index (χ2v) is 3.33. The molecule has 0 N–H and O–H groups in total. The number of benzene rings is 1. The molecule has 17 heavy (non-hydrogen) atoms. The van der Waals surface area contributed by atoms with Gasteiger partial charge in [0.1, 0.15) is 0 Å². The highest BCUT2D eigenvalue weighted by Crippen LogP contribution is 2.41. The fraction of sp³-hybridized carbons (Fsp3) is 0.300. The molecule has 1 aromatic carbocycles. The first-order valence-electron chi connectivity index (χ1n) is 4.74. The maximum atomic E-state index is 11.5. The smallest absolute Gasteiger partial charge is 0.265 e. The Morgan fingerprint density at radius 2 is 2.29 bits per heavy atom. The van der Waals surface area contributed by atoms with E-state index in [-0.39, 0.29) is 12.4 Å². The van der Waals surface area contributed by atoms with Gasteiger partial charge in [-0.2, -0.15) is 0 Å². The van der Waals surface area contributed by atoms with E-state index < -0.39 is 17.3 Å². The number of fused-ring (bicyclic) bond motifs is 1. The summed E-state index contributed by atoms with van der Waals surface area (Å²) in [5.41, 5.74) is 0.169. The van der Waals surface area contributed by atoms with Crippen molar-refractivity contribution in [2.75, 3.05) is 20.4 Å². The number of rotatable bonds is 4. The van der Waals surface area contributed by atoms with Crippen LogP contribution in [0.3, 0.4) is 0 Å². The Morgan fingerprint density at radius 3 is 2.94 bits per heavy atom. The first-order valence-corrected chi connectivity index (χ1v) is 4.74. The zero-order valence-corrected chi connectivity index (χ0v) is 8.97. The Balaban J connectivity index is 2.36. The molecule has 0 fully saturated rings. The molecule has 7 nitrogen and oxygen atoms in total. The summed E-state index contributed by atoms with van der Waals surface area (Å²) in [4.78, 5) is 21.1. The number of Topliss-reactive ketones (excluding diaryl/α,β-unsaturated/α-hetero) is 1. The topological polar surface area (TPSA) is 87.9 Å². The van der Waals surface area contributed by atoms with Gasteiger partial charge in [-0.1, -0.05) is 0 Å². The highest BCUT2D eigenvalue weighted by molar-refractivity contribution is 5.98. The van der Waals surface area contributed by atoms with Gasteiger partial charge in [0.2, 0.25) is 18.3 Å². The summed E-state index contributed by atoms with van der Waals surface area (Å²) in [5, 5.41) is 10.3. The van der Waals surface area contributed by atoms with Crippen LogP contribution in [-0.4, -0.2) is 31.2 Å². The molecule has 0 radical (unpaired) electrons. The number of nitro groups is 1. The highest BCUT2D eigenvalue weighted by atomic mass is 16.7. The monoisotopic (exact) mass is 239 g/mol. The Hall–Kier alpha value is -2.31. The summed E-state index contributed by atoms with van der Waals surface area (Å²) < 4.78 is 15.3. The maximum absolute atomic E-state index is 11.5. The zero-order valence-electron chi connectivity index (χ0n) is 8.97. The molecule has 0 saturated carbocycles. The number of ether oxygens (including phenoxy) is 3. The summed E-state index contributed by atoms with van der Waals surface area (Å²) in [7, 11) is 1.42. The molecule has 0 spiro atoms. The van der Waals surface area contributed by atoms with Gasteiger partial charge in [0.25, 0.3) is 6.54 Å². The van der Waals surface area contributed by atoms with E-state index in [4.69, 9.17) is 14.2 Å². The van der Waals surface area contributed by atoms with Crippen LogP contribution in [0.25, 0.3) is 0 Å². The molecule has 1 aliphatic heterocycles. The molecule has 1 aromatic rings. The molecule has 0 aromatic heterocycles. The minimum Gasteiger partial charge on any atom is -0.493 e. The predicted molar refractivity (Wildman–Crippen MR) is 55.3 cm³/mol. The van der Waals surface area contributed by atoms with Crippen molar-refractivity contribution < 1.29 is 23.9 Å². The zero-order chi connectivity index (χ0) is 12.4. The first-order chi connectivity index (χ1) is 8.11. The lowest BCUT2D eigenvalue weighted by Gasteiger charge is -2.06. The van der Waals surface area contributed by atoms with E-state index in [9.17, 15) is 14.9 Å². The van der Waals surface area contributed by atoms with Gasteiger partial charge in [0.05, 0.1) is 7.11 Å². The van der Waals surface area contributed by atoms with Crippen molar-refractivity contribution in [3.05, 3.63) is 27.8 Å². The molecule has 1 heterocycles. The van der Waals surface area contributed by atoms with E-state index in [1.54, 1.807) is 0 Å². The third-order valence-corrected chi connectivity index (χ3v) is 2.25. The Labute approximate surface area is 96.0 Å². The highest BCUT2D eigenvalue weighted by Gasteiger charge is 2.23. The van der Waals surface area contributed by atoms with Crippen LogP contribution in [0, 0.1) is 10.1 Å². The number of carbonyl (C=O) groups is 1. The van der Waals surface area contributed by atoms with Crippen molar-refractivity contribution in [2.24, 2.45) is 0 Å². The second kappa shape index (κ2) is 4.28. The van der Waals surface area contributed by atoms with Gasteiger partial charge in [-0.15, -0.1) is 0 Å². The fourth-order valence-corrected chi connectivity index (χ4v) is 1.50. The number of nitrogens with zero attached hydrogens (tertiary/aromatic N) is 1. The van der Waals surface area contributed by atoms with Crippen LogP contribution in [0.4, 0.5) is 0 Å². The standard InChI is InChI=1S/C10H9NO6/c1-15-8-2-6(7(12)4-11(13)14)3-9-10(8)17-5-16-9/h2-3H,4-5H2,1H3. The molecular formula is C10H9NO6. The second-order valence-electron chi connectivity index (χ2n) is 3.33. The van der Waals surface area contributed by atoms with E-state index >= 15 is 0 Å². The SMILES string of the molecule is COc1cc(C(=O)C[N+](=O)[O-])cc2c1OCO2. The predicted octanol–water partition coefficient (Wildman–Crippen LogP) is 0.883. The van der Waals surface area contributed by atoms with Crippen molar-refractivity contribution >= 4 is 5.78 Å². The molecule has 0 aliphatic carbocycles. The minimum atomic E-state index is -0.761. The molecule has 90 valence electrons. The lowest BCUT2D eigenvalue weighted by Crippen LogP contribution is -2.13. The van der Waals surface area contributed by atoms with Gasteiger partial charge in [-0.25, -0.2) is 0 Å². The molecular weight excluding hydrogens is 230 g/mol. The van der Waals surface area contributed by atoms with Crippen LogP contribution in [-0.2, 0) is 0 Å². The van der Waals surface area contributed by atoms with Gasteiger partial charge in [-0.05, 0) is 12.1 Å². The van der Waals surface area contributed by atoms with E-state index in [2.05, 4.69) is 0 Å². The number of hydrogen-bond donors (Lipinski definition) is 0. The number of hydrogen-bond acceptors (Lipinski definition) is 6. The van der Waals surface area contributed by atoms with Crippen molar-refractivity contribution in [3.63, 3.8) is 0 Å². The van der Waals surface area contributed by atoms with Crippen LogP contribution < -0.4 is 14.2 Å². The van der Waals surface area contributed by atoms with Crippen LogP contribution >= 0.6 is 0 Å². The molecule has 0 atom stereocenters. The third kappa shape index (κ3) is 2.12. The molecule has 7 heteroatoms. The van der Waals surface area contributed by atoms with Crippen LogP contribution in [0.1, 0.15) is 10.4 Å². The van der Waals surface area contributed by atoms with E-state index in [1.165, 1.54) is 19.2 Å². The summed E-state index contributed by atoms with van der Waals surface area (Å²) in [6, 6.07) is 2.82. The van der Waals surface area contributed by atoms with Crippen molar-refractivity contribution in [1.82, 2.24) is 0 Å². The fourth-order valence-electron chi connectivity index (χ4n) is 1.50. The summed E-state index contributed by atoms with van der Waals surface area (Å²) in [6.45, 7) is -0.721. The van der Waals surface area contributed by atoms with Crippen molar-refractivity contribution in [2.45, 2.75) is 0 Å². The van der Waals surface area contributed by atoms with Gasteiger partial charge in [0, 0.05) is 10.5 Å². The van der Waals surface area contributed by atoms with Crippen molar-refractivity contribution in [3.8, 4) is 17.2 Å². The lowest BCUT2D eigenvalue weighted by atomic mass is 10.1. The van der Waals surface area contributed by atoms with E-state index in [0.29, 0.717) is 17.2 Å². The van der Waals surface area contributed by atoms with Crippen LogP contribution in [0.5, 0.6) is 17.2 Å². The summed E-state index contributed by atoms with van der Waals surface area (Å²) in [5.74, 6) is 0.486. The first kappa shape index (κ1) is 11.2.